The van der Waals surface area contributed by atoms with Gasteiger partial charge in [0.15, 0.2) is 0 Å². The summed E-state index contributed by atoms with van der Waals surface area (Å²) in [6.07, 6.45) is 16.9. The van der Waals surface area contributed by atoms with Gasteiger partial charge in [-0.05, 0) is 79.9 Å². The monoisotopic (exact) mass is 557 g/mol. The lowest BCUT2D eigenvalue weighted by atomic mass is 10.0. The third-order valence-electron chi connectivity index (χ3n) is 5.40. The summed E-state index contributed by atoms with van der Waals surface area (Å²) in [4.78, 5) is 0. The molecule has 2 N–H and O–H groups in total. The van der Waals surface area contributed by atoms with Crippen molar-refractivity contribution in [3.05, 3.63) is 113 Å². The van der Waals surface area contributed by atoms with Crippen molar-refractivity contribution in [1.82, 2.24) is 5.32 Å². The number of phenolic OH excluding ortho intramolecular Hbond substituents is 1. The largest absolute Gasteiger partial charge is 0.508 e. The second kappa shape index (κ2) is 18.9. The third-order valence-corrected chi connectivity index (χ3v) is 5.89. The lowest BCUT2D eigenvalue weighted by molar-refractivity contribution is 0.466. The molecule has 0 saturated heterocycles. The highest BCUT2D eigenvalue weighted by Gasteiger charge is 2.06. The summed E-state index contributed by atoms with van der Waals surface area (Å²) < 4.78 is 1.06. The summed E-state index contributed by atoms with van der Waals surface area (Å²) in [6.45, 7) is 9.97. The van der Waals surface area contributed by atoms with E-state index in [4.69, 9.17) is 0 Å². The molecule has 0 saturated carbocycles. The standard InChI is InChI=1S/C13H14BrNO.C10H8.C9H16.C2H2/c1-2-15-8-12-11-5-4-10(14)7-9(11)3-6-13(12)16;1-2-6-10-8-4-3-7-9(10)5-1;1-4-5-6-7-8-9(2)3;1-2/h3-7,15-16H,2,8H2,1H3;1-8H;4-5,8H,6-7H2,1-3H3;1-2H/b;;5-4-;. The molecule has 0 spiro atoms. The molecule has 0 aliphatic heterocycles. The van der Waals surface area contributed by atoms with Gasteiger partial charge in [-0.3, -0.25) is 0 Å². The van der Waals surface area contributed by atoms with E-state index in [2.05, 4.69) is 135 Å². The summed E-state index contributed by atoms with van der Waals surface area (Å²) in [5.41, 5.74) is 2.38. The van der Waals surface area contributed by atoms with Crippen molar-refractivity contribution < 1.29 is 5.11 Å². The first-order chi connectivity index (χ1) is 18.0. The Balaban J connectivity index is 0.000000283. The van der Waals surface area contributed by atoms with Crippen LogP contribution in [0.4, 0.5) is 0 Å². The molecule has 0 aliphatic carbocycles. The van der Waals surface area contributed by atoms with Crippen molar-refractivity contribution in [3.63, 3.8) is 0 Å². The first-order valence-corrected chi connectivity index (χ1v) is 13.4. The second-order valence-electron chi connectivity index (χ2n) is 8.48. The van der Waals surface area contributed by atoms with Crippen LogP contribution in [-0.2, 0) is 6.54 Å². The minimum Gasteiger partial charge on any atom is -0.508 e. The molecule has 0 aliphatic rings. The van der Waals surface area contributed by atoms with Crippen LogP contribution >= 0.6 is 15.9 Å². The summed E-state index contributed by atoms with van der Waals surface area (Å²) in [6, 6.07) is 26.5. The topological polar surface area (TPSA) is 32.3 Å². The van der Waals surface area contributed by atoms with Crippen LogP contribution in [-0.4, -0.2) is 11.7 Å². The molecule has 4 aromatic carbocycles. The predicted molar refractivity (Wildman–Crippen MR) is 168 cm³/mol. The predicted octanol–water partition coefficient (Wildman–Crippen LogP) is 9.82. The molecule has 0 heterocycles. The zero-order chi connectivity index (χ0) is 27.5. The molecule has 0 bridgehead atoms. The number of unbranched alkanes of at least 4 members (excludes halogenated alkanes) is 1. The molecule has 0 fully saturated rings. The van der Waals surface area contributed by atoms with Crippen LogP contribution in [0.3, 0.4) is 0 Å². The highest BCUT2D eigenvalue weighted by atomic mass is 79.9. The summed E-state index contributed by atoms with van der Waals surface area (Å²) >= 11 is 3.45. The summed E-state index contributed by atoms with van der Waals surface area (Å²) in [5.74, 6) is 0.357. The van der Waals surface area contributed by atoms with Crippen molar-refractivity contribution in [2.75, 3.05) is 6.54 Å². The normalized spacial score (nSPS) is 9.92. The van der Waals surface area contributed by atoms with Crippen molar-refractivity contribution in [1.29, 1.82) is 0 Å². The Morgan fingerprint density at radius 1 is 0.865 bits per heavy atom. The number of allylic oxidation sites excluding steroid dienone is 4. The Morgan fingerprint density at radius 2 is 1.46 bits per heavy atom. The molecular formula is C34H40BrNO. The Labute approximate surface area is 232 Å². The fourth-order valence-corrected chi connectivity index (χ4v) is 3.94. The number of benzene rings is 4. The van der Waals surface area contributed by atoms with Crippen LogP contribution in [0.15, 0.2) is 107 Å². The van der Waals surface area contributed by atoms with Crippen LogP contribution in [0.2, 0.25) is 0 Å². The van der Waals surface area contributed by atoms with Crippen LogP contribution < -0.4 is 5.32 Å². The first-order valence-electron chi connectivity index (χ1n) is 12.6. The Bertz CT molecular complexity index is 1220. The maximum atomic E-state index is 9.85. The molecule has 2 nitrogen and oxygen atoms in total. The van der Waals surface area contributed by atoms with E-state index >= 15 is 0 Å². The van der Waals surface area contributed by atoms with E-state index < -0.39 is 0 Å². The molecule has 0 aromatic heterocycles. The number of aromatic hydroxyl groups is 1. The van der Waals surface area contributed by atoms with Crippen LogP contribution in [0.5, 0.6) is 5.75 Å². The zero-order valence-corrected chi connectivity index (χ0v) is 24.1. The Kier molecular flexibility index (Phi) is 16.2. The fourth-order valence-electron chi connectivity index (χ4n) is 3.56. The van der Waals surface area contributed by atoms with Gasteiger partial charge in [0.2, 0.25) is 0 Å². The highest BCUT2D eigenvalue weighted by molar-refractivity contribution is 9.10. The number of phenols is 1. The van der Waals surface area contributed by atoms with E-state index in [0.29, 0.717) is 12.3 Å². The van der Waals surface area contributed by atoms with Crippen LogP contribution in [0.25, 0.3) is 21.5 Å². The molecule has 0 amide bonds. The lowest BCUT2D eigenvalue weighted by Crippen LogP contribution is -2.12. The molecule has 37 heavy (non-hydrogen) atoms. The van der Waals surface area contributed by atoms with Gasteiger partial charge in [-0.25, -0.2) is 0 Å². The first kappa shape index (κ1) is 31.7. The number of hydrogen-bond acceptors (Lipinski definition) is 2. The van der Waals surface area contributed by atoms with Gasteiger partial charge < -0.3 is 10.4 Å². The van der Waals surface area contributed by atoms with Crippen molar-refractivity contribution in [2.24, 2.45) is 0 Å². The molecule has 0 atom stereocenters. The molecule has 4 rings (SSSR count). The number of rotatable bonds is 6. The van der Waals surface area contributed by atoms with Gasteiger partial charge in [0.25, 0.3) is 0 Å². The number of terminal acetylenes is 1. The van der Waals surface area contributed by atoms with Gasteiger partial charge >= 0.3 is 0 Å². The second-order valence-corrected chi connectivity index (χ2v) is 9.40. The minimum atomic E-state index is 0.357. The maximum Gasteiger partial charge on any atom is 0.120 e. The van der Waals surface area contributed by atoms with Gasteiger partial charge in [0, 0.05) is 16.6 Å². The maximum absolute atomic E-state index is 9.85. The van der Waals surface area contributed by atoms with Gasteiger partial charge in [0.1, 0.15) is 5.75 Å². The quantitative estimate of drug-likeness (QED) is 0.140. The molecule has 0 unspecified atom stereocenters. The van der Waals surface area contributed by atoms with E-state index in [-0.39, 0.29) is 0 Å². The van der Waals surface area contributed by atoms with E-state index in [1.165, 1.54) is 29.2 Å². The molecule has 4 aromatic rings. The van der Waals surface area contributed by atoms with E-state index in [0.717, 1.165) is 27.4 Å². The molecule has 3 heteroatoms. The van der Waals surface area contributed by atoms with Gasteiger partial charge in [-0.2, -0.15) is 0 Å². The van der Waals surface area contributed by atoms with Crippen LogP contribution in [0.1, 0.15) is 46.1 Å². The van der Waals surface area contributed by atoms with Crippen molar-refractivity contribution in [3.8, 4) is 18.6 Å². The van der Waals surface area contributed by atoms with Gasteiger partial charge in [-0.1, -0.05) is 107 Å². The fraction of sp³-hybridized carbons (Fsp3) is 0.235. The summed E-state index contributed by atoms with van der Waals surface area (Å²) in [7, 11) is 0. The van der Waals surface area contributed by atoms with E-state index in [1.54, 1.807) is 6.07 Å². The van der Waals surface area contributed by atoms with Crippen molar-refractivity contribution in [2.45, 2.75) is 47.1 Å². The summed E-state index contributed by atoms with van der Waals surface area (Å²) in [5, 5.41) is 18.0. The average molecular weight is 559 g/mol. The minimum absolute atomic E-state index is 0.357. The number of fused-ring (bicyclic) bond motifs is 2. The highest BCUT2D eigenvalue weighted by Crippen LogP contribution is 2.29. The third kappa shape index (κ3) is 12.0. The SMILES string of the molecule is C#C.C/C=C\CCC=C(C)C.CCNCc1c(O)ccc2cc(Br)ccc12.c1ccc2ccccc2c1. The molecule has 194 valence electrons. The van der Waals surface area contributed by atoms with Crippen molar-refractivity contribution >= 4 is 37.5 Å². The Hall–Kier alpha value is -3.32. The molecular weight excluding hydrogens is 518 g/mol. The molecule has 0 radical (unpaired) electrons. The average Bonchev–Trinajstić information content (AvgIpc) is 2.92. The van der Waals surface area contributed by atoms with Crippen LogP contribution in [0, 0.1) is 12.8 Å². The van der Waals surface area contributed by atoms with E-state index in [9.17, 15) is 5.11 Å². The number of halogens is 1. The zero-order valence-electron chi connectivity index (χ0n) is 22.5. The smallest absolute Gasteiger partial charge is 0.120 e. The van der Waals surface area contributed by atoms with Gasteiger partial charge in [0.05, 0.1) is 0 Å². The number of nitrogens with one attached hydrogen (secondary N) is 1. The van der Waals surface area contributed by atoms with Gasteiger partial charge in [-0.15, -0.1) is 12.8 Å². The lowest BCUT2D eigenvalue weighted by Gasteiger charge is -2.09. The Morgan fingerprint density at radius 3 is 1.97 bits per heavy atom. The van der Waals surface area contributed by atoms with E-state index in [1.807, 2.05) is 18.2 Å². The number of hydrogen-bond donors (Lipinski definition) is 2.